The van der Waals surface area contributed by atoms with Gasteiger partial charge in [-0.3, -0.25) is 4.79 Å². The van der Waals surface area contributed by atoms with Gasteiger partial charge in [-0.25, -0.2) is 4.79 Å². The fourth-order valence-electron chi connectivity index (χ4n) is 4.05. The molecule has 0 aromatic heterocycles. The molecule has 1 aromatic carbocycles. The summed E-state index contributed by atoms with van der Waals surface area (Å²) >= 11 is 0. The van der Waals surface area contributed by atoms with Gasteiger partial charge < -0.3 is 14.8 Å². The number of carbonyl (C=O) groups excluding carboxylic acids is 2. The quantitative estimate of drug-likeness (QED) is 0.612. The third kappa shape index (κ3) is 4.92. The molecule has 0 aliphatic carbocycles. The summed E-state index contributed by atoms with van der Waals surface area (Å²) in [7, 11) is -2.03. The van der Waals surface area contributed by atoms with Gasteiger partial charge in [-0.1, -0.05) is 62.5 Å². The largest absolute Gasteiger partial charge is 0.460 e. The molecular weight excluding hydrogens is 358 g/mol. The summed E-state index contributed by atoms with van der Waals surface area (Å²) in [6.07, 6.45) is -0.144. The van der Waals surface area contributed by atoms with Crippen LogP contribution in [0.2, 0.25) is 18.6 Å². The molecule has 1 N–H and O–H groups in total. The highest BCUT2D eigenvalue weighted by molar-refractivity contribution is 6.91. The Morgan fingerprint density at radius 2 is 1.85 bits per heavy atom. The van der Waals surface area contributed by atoms with Crippen molar-refractivity contribution in [3.63, 3.8) is 0 Å². The zero-order valence-electron chi connectivity index (χ0n) is 17.5. The number of hydrogen-bond acceptors (Lipinski definition) is 4. The van der Waals surface area contributed by atoms with Crippen molar-refractivity contribution in [3.05, 3.63) is 30.3 Å². The molecular formula is C21H33NO4Si. The first-order valence-electron chi connectivity index (χ1n) is 9.73. The molecule has 1 aliphatic heterocycles. The van der Waals surface area contributed by atoms with Gasteiger partial charge in [0, 0.05) is 5.54 Å². The lowest BCUT2D eigenvalue weighted by Gasteiger charge is -2.37. The third-order valence-electron chi connectivity index (χ3n) is 5.41. The van der Waals surface area contributed by atoms with E-state index in [0.29, 0.717) is 6.42 Å². The summed E-state index contributed by atoms with van der Waals surface area (Å²) in [5, 5.41) is 4.23. The molecule has 2 rings (SSSR count). The molecule has 1 aliphatic rings. The van der Waals surface area contributed by atoms with Gasteiger partial charge in [-0.2, -0.15) is 0 Å². The number of hydrogen-bond donors (Lipinski definition) is 1. The van der Waals surface area contributed by atoms with Crippen LogP contribution in [0, 0.1) is 5.92 Å². The third-order valence-corrected chi connectivity index (χ3v) is 9.72. The van der Waals surface area contributed by atoms with E-state index in [0.717, 1.165) is 0 Å². The first-order chi connectivity index (χ1) is 12.5. The van der Waals surface area contributed by atoms with Crippen LogP contribution in [0.1, 0.15) is 41.0 Å². The molecule has 0 spiro atoms. The first-order valence-corrected chi connectivity index (χ1v) is 12.8. The highest BCUT2D eigenvalue weighted by Gasteiger charge is 2.53. The topological polar surface area (TPSA) is 64.6 Å². The van der Waals surface area contributed by atoms with Gasteiger partial charge in [-0.15, -0.1) is 0 Å². The maximum absolute atomic E-state index is 12.5. The second kappa shape index (κ2) is 8.05. The van der Waals surface area contributed by atoms with Gasteiger partial charge in [0.05, 0.1) is 20.0 Å². The molecule has 1 aromatic rings. The first kappa shape index (κ1) is 21.5. The van der Waals surface area contributed by atoms with Gasteiger partial charge in [0.2, 0.25) is 0 Å². The van der Waals surface area contributed by atoms with Crippen molar-refractivity contribution >= 4 is 25.3 Å². The number of esters is 1. The van der Waals surface area contributed by atoms with E-state index in [9.17, 15) is 9.59 Å². The van der Waals surface area contributed by atoms with E-state index in [1.54, 1.807) is 0 Å². The van der Waals surface area contributed by atoms with Crippen LogP contribution in [0.3, 0.4) is 0 Å². The minimum atomic E-state index is -2.03. The minimum Gasteiger partial charge on any atom is -0.460 e. The number of rotatable bonds is 5. The predicted molar refractivity (Wildman–Crippen MR) is 110 cm³/mol. The van der Waals surface area contributed by atoms with Gasteiger partial charge in [0.25, 0.3) is 0 Å². The Morgan fingerprint density at radius 1 is 1.26 bits per heavy atom. The lowest BCUT2D eigenvalue weighted by Crippen LogP contribution is -2.55. The smallest absolute Gasteiger partial charge is 0.408 e. The number of ether oxygens (including phenoxy) is 2. The van der Waals surface area contributed by atoms with Crippen molar-refractivity contribution in [2.45, 2.75) is 77.4 Å². The van der Waals surface area contributed by atoms with Crippen LogP contribution < -0.4 is 10.5 Å². The highest BCUT2D eigenvalue weighted by atomic mass is 28.3. The Kier molecular flexibility index (Phi) is 6.40. The molecule has 0 radical (unpaired) electrons. The number of carbonyl (C=O) groups is 2. The van der Waals surface area contributed by atoms with Crippen molar-refractivity contribution in [3.8, 4) is 0 Å². The normalized spacial score (nSPS) is 24.3. The van der Waals surface area contributed by atoms with E-state index in [-0.39, 0.29) is 29.6 Å². The average molecular weight is 392 g/mol. The van der Waals surface area contributed by atoms with Crippen LogP contribution in [0.4, 0.5) is 4.79 Å². The van der Waals surface area contributed by atoms with Crippen molar-refractivity contribution in [2.75, 3.05) is 0 Å². The molecule has 1 amide bonds. The predicted octanol–water partition coefficient (Wildman–Crippen LogP) is 3.84. The van der Waals surface area contributed by atoms with Crippen LogP contribution in [0.15, 0.2) is 30.3 Å². The highest BCUT2D eigenvalue weighted by Crippen LogP contribution is 2.42. The Labute approximate surface area is 163 Å². The lowest BCUT2D eigenvalue weighted by molar-refractivity contribution is -0.144. The summed E-state index contributed by atoms with van der Waals surface area (Å²) in [6, 6.07) is 10.1. The summed E-state index contributed by atoms with van der Waals surface area (Å²) in [5.41, 5.74) is -0.494. The minimum absolute atomic E-state index is 0.0762. The van der Waals surface area contributed by atoms with Crippen molar-refractivity contribution in [1.29, 1.82) is 0 Å². The molecule has 5 nitrogen and oxygen atoms in total. The van der Waals surface area contributed by atoms with Crippen LogP contribution in [-0.4, -0.2) is 37.9 Å². The van der Waals surface area contributed by atoms with Crippen LogP contribution >= 0.6 is 0 Å². The molecule has 1 heterocycles. The van der Waals surface area contributed by atoms with E-state index < -0.39 is 19.8 Å². The second-order valence-corrected chi connectivity index (χ2v) is 13.7. The summed E-state index contributed by atoms with van der Waals surface area (Å²) in [5.74, 6) is -0.364. The number of cyclic esters (lactones) is 1. The Bertz CT molecular complexity index is 669. The maximum atomic E-state index is 12.5. The maximum Gasteiger partial charge on any atom is 0.408 e. The number of nitrogens with one attached hydrogen (secondary N) is 1. The zero-order chi connectivity index (χ0) is 20.4. The molecule has 1 saturated heterocycles. The van der Waals surface area contributed by atoms with E-state index in [4.69, 9.17) is 9.47 Å². The van der Waals surface area contributed by atoms with E-state index >= 15 is 0 Å². The molecule has 4 atom stereocenters. The number of amides is 1. The molecule has 0 unspecified atom stereocenters. The van der Waals surface area contributed by atoms with Gasteiger partial charge in [-0.05, 0) is 27.2 Å². The molecule has 0 bridgehead atoms. The Balaban J connectivity index is 2.29. The summed E-state index contributed by atoms with van der Waals surface area (Å²) in [4.78, 5) is 24.8. The monoisotopic (exact) mass is 391 g/mol. The fourth-order valence-corrected chi connectivity index (χ4v) is 7.99. The summed E-state index contributed by atoms with van der Waals surface area (Å²) < 4.78 is 11.2. The number of alkyl carbamates (subject to hydrolysis) is 1. The fraction of sp³-hybridized carbons (Fsp3) is 0.619. The van der Waals surface area contributed by atoms with Crippen molar-refractivity contribution in [2.24, 2.45) is 5.92 Å². The van der Waals surface area contributed by atoms with E-state index in [1.165, 1.54) is 5.19 Å². The van der Waals surface area contributed by atoms with E-state index in [2.05, 4.69) is 30.5 Å². The summed E-state index contributed by atoms with van der Waals surface area (Å²) in [6.45, 7) is 14.0. The van der Waals surface area contributed by atoms with Gasteiger partial charge in [0.15, 0.2) is 0 Å². The van der Waals surface area contributed by atoms with Crippen molar-refractivity contribution in [1.82, 2.24) is 5.32 Å². The van der Waals surface area contributed by atoms with Gasteiger partial charge in [0.1, 0.15) is 11.7 Å². The molecule has 150 valence electrons. The molecule has 6 heteroatoms. The van der Waals surface area contributed by atoms with Crippen molar-refractivity contribution < 1.29 is 19.1 Å². The van der Waals surface area contributed by atoms with E-state index in [1.807, 2.05) is 52.8 Å². The SMILES string of the molecule is CC[C@H](NC(=O)OC(C)(C)C)[C@@H]1OC(=O)[C@H](C)[C@H]1[Si](C)(C)c1ccccc1. The van der Waals surface area contributed by atoms with Crippen LogP contribution in [0.5, 0.6) is 0 Å². The molecule has 0 saturated carbocycles. The lowest BCUT2D eigenvalue weighted by atomic mass is 9.99. The standard InChI is InChI=1S/C21H33NO4Si/c1-8-16(22-20(24)26-21(3,4)5)17-18(14(2)19(23)25-17)27(6,7)15-12-10-9-11-13-15/h9-14,16-18H,8H2,1-7H3,(H,22,24)/t14-,16+,17+,18-/m1/s1. The van der Waals surface area contributed by atoms with Gasteiger partial charge >= 0.3 is 12.1 Å². The molecule has 27 heavy (non-hydrogen) atoms. The second-order valence-electron chi connectivity index (χ2n) is 8.96. The number of benzene rings is 1. The van der Waals surface area contributed by atoms with Crippen LogP contribution in [0.25, 0.3) is 0 Å². The Hall–Kier alpha value is -1.82. The molecule has 1 fully saturated rings. The zero-order valence-corrected chi connectivity index (χ0v) is 18.5. The Morgan fingerprint density at radius 3 is 2.37 bits per heavy atom. The average Bonchev–Trinajstić information content (AvgIpc) is 2.87. The van der Waals surface area contributed by atoms with Crippen LogP contribution in [-0.2, 0) is 14.3 Å².